The van der Waals surface area contributed by atoms with Gasteiger partial charge in [-0.25, -0.2) is 15.0 Å². The molecule has 4 aliphatic heterocycles. The summed E-state index contributed by atoms with van der Waals surface area (Å²) in [5.41, 5.74) is 33.5. The molecule has 484 valence electrons. The molecule has 16 rings (SSSR count). The van der Waals surface area contributed by atoms with Crippen LogP contribution < -0.4 is 27.8 Å². The average molecular weight is 1310 g/mol. The third-order valence-corrected chi connectivity index (χ3v) is 17.3. The SMILES string of the molecule is C(#Cc1nncc2ccccc12)c1ccc(C2=NCCC2)cc1.Cc1ccc2cnc(N)c(C#Cc3ccc(C4=NCC(C)(C)N4)cc3)c2c1.Nc1cc2c(C#Cc3ccc(C4=NCCC4)cc3)cccc2cn1.Nc1ncc2ccc(Cl)cc2c1/C=C\c1ccc(C2=NCCN2)cc1. The lowest BCUT2D eigenvalue weighted by Crippen LogP contribution is -2.39. The summed E-state index contributed by atoms with van der Waals surface area (Å²) in [6.07, 6.45) is 15.6. The molecule has 4 aromatic heterocycles. The number of aryl methyl sites for hydroxylation is 1. The Hall–Kier alpha value is -12.3. The van der Waals surface area contributed by atoms with Gasteiger partial charge in [-0.3, -0.25) is 20.0 Å². The van der Waals surface area contributed by atoms with Gasteiger partial charge >= 0.3 is 0 Å². The summed E-state index contributed by atoms with van der Waals surface area (Å²) in [7, 11) is 0. The summed E-state index contributed by atoms with van der Waals surface area (Å²) in [4.78, 5) is 30.8. The third kappa shape index (κ3) is 16.3. The second-order valence-corrected chi connectivity index (χ2v) is 25.4. The van der Waals surface area contributed by atoms with Gasteiger partial charge in [-0.2, -0.15) is 5.10 Å². The van der Waals surface area contributed by atoms with Gasteiger partial charge in [0, 0.05) is 131 Å². The molecule has 8 heterocycles. The van der Waals surface area contributed by atoms with E-state index in [4.69, 9.17) is 28.8 Å². The molecular weight excluding hydrogens is 1240 g/mol. The minimum atomic E-state index is 0.0187. The zero-order valence-electron chi connectivity index (χ0n) is 55.3. The topological polar surface area (TPSA) is 216 Å². The number of hydrogen-bond acceptors (Lipinski definition) is 14. The number of benzene rings is 8. The number of anilines is 3. The Morgan fingerprint density at radius 2 is 1.08 bits per heavy atom. The molecule has 8 N–H and O–H groups in total. The molecule has 0 atom stereocenters. The fraction of sp³-hybridized carbons (Fsp3) is 0.155. The predicted molar refractivity (Wildman–Crippen MR) is 410 cm³/mol. The molecule has 0 aliphatic carbocycles. The van der Waals surface area contributed by atoms with E-state index in [1.54, 1.807) is 24.8 Å². The van der Waals surface area contributed by atoms with Crippen LogP contribution in [0.2, 0.25) is 5.02 Å². The summed E-state index contributed by atoms with van der Waals surface area (Å²) >= 11 is 6.14. The van der Waals surface area contributed by atoms with E-state index < -0.39 is 0 Å². The molecular formula is C84H71ClN14. The molecule has 8 aromatic carbocycles. The number of pyridine rings is 3. The molecule has 0 bridgehead atoms. The highest BCUT2D eigenvalue weighted by atomic mass is 35.5. The van der Waals surface area contributed by atoms with E-state index in [2.05, 4.69) is 185 Å². The molecule has 4 aliphatic rings. The molecule has 0 saturated heterocycles. The van der Waals surface area contributed by atoms with Gasteiger partial charge in [-0.15, -0.1) is 5.10 Å². The van der Waals surface area contributed by atoms with Crippen LogP contribution in [0.4, 0.5) is 17.5 Å². The van der Waals surface area contributed by atoms with Gasteiger partial charge in [0.05, 0.1) is 30.4 Å². The van der Waals surface area contributed by atoms with E-state index in [1.165, 1.54) is 28.1 Å². The number of aliphatic imine (C=N–C) groups is 4. The Balaban J connectivity index is 0.000000119. The van der Waals surface area contributed by atoms with Gasteiger partial charge < -0.3 is 27.8 Å². The Bertz CT molecular complexity index is 5370. The minimum absolute atomic E-state index is 0.0187. The molecule has 14 nitrogen and oxygen atoms in total. The summed E-state index contributed by atoms with van der Waals surface area (Å²) in [5, 5.41) is 23.9. The number of hydrogen-bond donors (Lipinski definition) is 5. The van der Waals surface area contributed by atoms with Crippen LogP contribution in [0.3, 0.4) is 0 Å². The van der Waals surface area contributed by atoms with Crippen LogP contribution in [-0.2, 0) is 0 Å². The summed E-state index contributed by atoms with van der Waals surface area (Å²) < 4.78 is 0. The maximum atomic E-state index is 6.14. The maximum Gasteiger partial charge on any atom is 0.144 e. The number of fused-ring (bicyclic) bond motifs is 4. The van der Waals surface area contributed by atoms with E-state index in [0.717, 1.165) is 163 Å². The summed E-state index contributed by atoms with van der Waals surface area (Å²) in [6, 6.07) is 60.9. The first-order valence-electron chi connectivity index (χ1n) is 33.0. The quantitative estimate of drug-likeness (QED) is 0.0993. The van der Waals surface area contributed by atoms with Gasteiger partial charge in [-0.1, -0.05) is 174 Å². The minimum Gasteiger partial charge on any atom is -0.384 e. The number of amidine groups is 2. The van der Waals surface area contributed by atoms with Crippen molar-refractivity contribution in [1.82, 2.24) is 35.8 Å². The van der Waals surface area contributed by atoms with Crippen molar-refractivity contribution in [3.8, 4) is 35.5 Å². The lowest BCUT2D eigenvalue weighted by molar-refractivity contribution is 0.506. The Morgan fingerprint density at radius 3 is 1.75 bits per heavy atom. The number of aromatic nitrogens is 5. The van der Waals surface area contributed by atoms with Crippen molar-refractivity contribution in [3.05, 3.63) is 284 Å². The van der Waals surface area contributed by atoms with Crippen LogP contribution in [0, 0.1) is 42.4 Å². The fourth-order valence-electron chi connectivity index (χ4n) is 11.8. The van der Waals surface area contributed by atoms with Crippen molar-refractivity contribution >= 4 is 107 Å². The highest BCUT2D eigenvalue weighted by Gasteiger charge is 2.25. The van der Waals surface area contributed by atoms with E-state index >= 15 is 0 Å². The summed E-state index contributed by atoms with van der Waals surface area (Å²) in [5.74, 6) is 22.6. The van der Waals surface area contributed by atoms with Gasteiger partial charge in [0.2, 0.25) is 0 Å². The number of nitrogens with zero attached hydrogens (tertiary/aromatic N) is 9. The molecule has 0 radical (unpaired) electrons. The highest BCUT2D eigenvalue weighted by molar-refractivity contribution is 6.31. The predicted octanol–water partition coefficient (Wildman–Crippen LogP) is 15.1. The maximum absolute atomic E-state index is 6.14. The molecule has 0 saturated carbocycles. The van der Waals surface area contributed by atoms with Gasteiger partial charge in [0.1, 0.15) is 34.8 Å². The van der Waals surface area contributed by atoms with E-state index in [9.17, 15) is 0 Å². The first-order chi connectivity index (χ1) is 48.3. The second-order valence-electron chi connectivity index (χ2n) is 24.9. The number of nitrogens with two attached hydrogens (primary N) is 3. The van der Waals surface area contributed by atoms with Crippen molar-refractivity contribution in [3.63, 3.8) is 0 Å². The number of rotatable bonds is 6. The zero-order valence-corrected chi connectivity index (χ0v) is 56.0. The van der Waals surface area contributed by atoms with E-state index in [1.807, 2.05) is 121 Å². The lowest BCUT2D eigenvalue weighted by atomic mass is 10.0. The molecule has 0 fully saturated rings. The van der Waals surface area contributed by atoms with Crippen LogP contribution in [0.25, 0.3) is 55.2 Å². The lowest BCUT2D eigenvalue weighted by Gasteiger charge is -2.18. The van der Waals surface area contributed by atoms with Crippen molar-refractivity contribution in [2.75, 3.05) is 49.9 Å². The first kappa shape index (κ1) is 65.4. The molecule has 0 unspecified atom stereocenters. The normalized spacial score (nSPS) is 14.0. The highest BCUT2D eigenvalue weighted by Crippen LogP contribution is 2.29. The average Bonchev–Trinajstić information content (AvgIpc) is 1.32. The molecule has 0 spiro atoms. The van der Waals surface area contributed by atoms with Crippen molar-refractivity contribution in [1.29, 1.82) is 0 Å². The summed E-state index contributed by atoms with van der Waals surface area (Å²) in [6.45, 7) is 10.8. The molecule has 15 heteroatoms. The van der Waals surface area contributed by atoms with Gasteiger partial charge in [0.25, 0.3) is 0 Å². The molecule has 99 heavy (non-hydrogen) atoms. The van der Waals surface area contributed by atoms with Gasteiger partial charge in [0.15, 0.2) is 0 Å². The van der Waals surface area contributed by atoms with Crippen LogP contribution in [-0.4, -0.2) is 86.5 Å². The van der Waals surface area contributed by atoms with Crippen LogP contribution in [0.15, 0.2) is 227 Å². The number of nitrogens with one attached hydrogen (secondary N) is 2. The van der Waals surface area contributed by atoms with E-state index in [0.29, 0.717) is 28.2 Å². The monoisotopic (exact) mass is 1310 g/mol. The second kappa shape index (κ2) is 30.2. The largest absolute Gasteiger partial charge is 0.384 e. The standard InChI is InChI=1S/C23H22N4.C21H17N3.C20H17ClN4.C20H15N3/c1-15-4-8-18-13-25-21(24)19(20(18)12-15)11-7-16-5-9-17(10-6-16)22-26-14-23(2,3)27-22;22-21-13-19-16(3-1-4-18(19)14-24-21)9-6-15-7-10-17(11-8-15)20-5-2-12-23-20;21-16-7-6-15-12-25-19(22)17(18(15)11-16)8-3-13-1-4-14(5-2-13)20-23-9-10-24-20;1-2-5-18-17(4-1)14-22-23-20(18)12-9-15-7-10-16(11-8-15)19-6-3-13-21-19/h4-6,8-10,12-13H,14H2,1-3H3,(H2,24,25)(H,26,27);1,3-4,7-8,10-11,13-14H,2,5,12H2,(H2,22,24);1-8,11-12H,9-10H2,(H2,22,25)(H,23,24);1-2,4-5,7-8,10-11,14H,3,6,13H2/b;;8-3-;. The van der Waals surface area contributed by atoms with Gasteiger partial charge in [-0.05, 0) is 141 Å². The van der Waals surface area contributed by atoms with Crippen molar-refractivity contribution in [2.45, 2.75) is 52.0 Å². The van der Waals surface area contributed by atoms with Crippen LogP contribution in [0.1, 0.15) is 112 Å². The molecule has 0 amide bonds. The smallest absolute Gasteiger partial charge is 0.144 e. The third-order valence-electron chi connectivity index (χ3n) is 17.1. The van der Waals surface area contributed by atoms with Crippen molar-refractivity contribution in [2.24, 2.45) is 20.0 Å². The Labute approximate surface area is 581 Å². The number of halogens is 1. The number of nitrogen functional groups attached to an aromatic ring is 3. The first-order valence-corrected chi connectivity index (χ1v) is 33.4. The Morgan fingerprint density at radius 1 is 0.485 bits per heavy atom. The van der Waals surface area contributed by atoms with E-state index in [-0.39, 0.29) is 5.54 Å². The van der Waals surface area contributed by atoms with Crippen LogP contribution in [0.5, 0.6) is 0 Å². The fourth-order valence-corrected chi connectivity index (χ4v) is 12.0. The Kier molecular flexibility index (Phi) is 19.9. The van der Waals surface area contributed by atoms with Crippen molar-refractivity contribution < 1.29 is 0 Å². The van der Waals surface area contributed by atoms with Crippen LogP contribution >= 0.6 is 11.6 Å². The molecule has 12 aromatic rings. The zero-order chi connectivity index (χ0) is 68.1.